The van der Waals surface area contributed by atoms with E-state index in [-0.39, 0.29) is 0 Å². The molecule has 0 spiro atoms. The van der Waals surface area contributed by atoms with Gasteiger partial charge in [-0.2, -0.15) is 47.9 Å². The van der Waals surface area contributed by atoms with Crippen molar-refractivity contribution in [1.82, 2.24) is 0 Å². The maximum absolute atomic E-state index is 13.3. The molecule has 8 nitrogen and oxygen atoms in total. The first-order valence-electron chi connectivity index (χ1n) is 7.03. The van der Waals surface area contributed by atoms with Crippen molar-refractivity contribution in [2.45, 2.75) is 36.2 Å². The number of hydrogen-bond acceptors (Lipinski definition) is 7. The molecule has 0 rings (SSSR count). The standard InChI is InChI=1S/C12H11F9O8S/c1-6(13)7(22)29-11(12(19,20)21,8(23)27-4-2-9(14,15)16)28-5-3-10(17,18)30(24,25)26/h1-5H2,(H,24,25,26). The van der Waals surface area contributed by atoms with E-state index in [9.17, 15) is 57.5 Å². The third-order valence-corrected chi connectivity index (χ3v) is 3.75. The Morgan fingerprint density at radius 3 is 1.80 bits per heavy atom. The number of rotatable bonds is 10. The highest BCUT2D eigenvalue weighted by Gasteiger charge is 2.68. The predicted octanol–water partition coefficient (Wildman–Crippen LogP) is 2.65. The van der Waals surface area contributed by atoms with Crippen LogP contribution in [0.15, 0.2) is 12.4 Å². The summed E-state index contributed by atoms with van der Waals surface area (Å²) < 4.78 is 155. The summed E-state index contributed by atoms with van der Waals surface area (Å²) in [5.41, 5.74) is 0. The number of esters is 2. The summed E-state index contributed by atoms with van der Waals surface area (Å²) in [4.78, 5) is 22.8. The average Bonchev–Trinajstić information content (AvgIpc) is 2.49. The minimum atomic E-state index is -6.25. The highest BCUT2D eigenvalue weighted by atomic mass is 32.2. The molecule has 0 aliphatic heterocycles. The van der Waals surface area contributed by atoms with E-state index in [1.165, 1.54) is 0 Å². The molecule has 1 N–H and O–H groups in total. The molecule has 0 fully saturated rings. The molecule has 1 atom stereocenters. The van der Waals surface area contributed by atoms with Gasteiger partial charge in [0.15, 0.2) is 0 Å². The average molecular weight is 486 g/mol. The summed E-state index contributed by atoms with van der Waals surface area (Å²) in [5, 5.41) is -5.11. The van der Waals surface area contributed by atoms with Crippen LogP contribution in [0.3, 0.4) is 0 Å². The summed E-state index contributed by atoms with van der Waals surface area (Å²) in [5.74, 6) is -12.9. The van der Waals surface area contributed by atoms with Crippen molar-refractivity contribution in [2.24, 2.45) is 0 Å². The number of carbonyl (C=O) groups is 2. The first-order chi connectivity index (χ1) is 13.2. The van der Waals surface area contributed by atoms with E-state index >= 15 is 0 Å². The van der Waals surface area contributed by atoms with Crippen LogP contribution in [0.1, 0.15) is 12.8 Å². The summed E-state index contributed by atoms with van der Waals surface area (Å²) >= 11 is 0. The van der Waals surface area contributed by atoms with Gasteiger partial charge in [0, 0.05) is 0 Å². The lowest BCUT2D eigenvalue weighted by Crippen LogP contribution is -2.58. The third-order valence-electron chi connectivity index (χ3n) is 2.79. The van der Waals surface area contributed by atoms with Crippen molar-refractivity contribution in [3.8, 4) is 0 Å². The van der Waals surface area contributed by atoms with Gasteiger partial charge < -0.3 is 14.2 Å². The maximum Gasteiger partial charge on any atom is 0.468 e. The van der Waals surface area contributed by atoms with Crippen molar-refractivity contribution >= 4 is 22.1 Å². The summed E-state index contributed by atoms with van der Waals surface area (Å²) in [7, 11) is -6.16. The molecule has 176 valence electrons. The highest BCUT2D eigenvalue weighted by Crippen LogP contribution is 2.38. The van der Waals surface area contributed by atoms with Gasteiger partial charge in [0.1, 0.15) is 6.61 Å². The molecule has 1 unspecified atom stereocenters. The van der Waals surface area contributed by atoms with E-state index in [1.807, 2.05) is 0 Å². The van der Waals surface area contributed by atoms with Gasteiger partial charge in [0.2, 0.25) is 5.83 Å². The van der Waals surface area contributed by atoms with Crippen molar-refractivity contribution < 1.29 is 76.3 Å². The first kappa shape index (κ1) is 27.9. The molecular weight excluding hydrogens is 475 g/mol. The van der Waals surface area contributed by atoms with Crippen LogP contribution in [0.4, 0.5) is 39.5 Å². The number of ether oxygens (including phenoxy) is 3. The second kappa shape index (κ2) is 9.38. The number of hydrogen-bond donors (Lipinski definition) is 1. The zero-order chi connectivity index (χ0) is 24.2. The van der Waals surface area contributed by atoms with E-state index in [0.29, 0.717) is 0 Å². The molecule has 0 radical (unpaired) electrons. The first-order valence-corrected chi connectivity index (χ1v) is 8.47. The summed E-state index contributed by atoms with van der Waals surface area (Å²) in [6.45, 7) is -1.65. The van der Waals surface area contributed by atoms with E-state index < -0.39 is 77.3 Å². The molecule has 0 aromatic rings. The van der Waals surface area contributed by atoms with Crippen LogP contribution in [0.2, 0.25) is 0 Å². The normalized spacial score (nSPS) is 15.3. The minimum Gasteiger partial charge on any atom is -0.460 e. The van der Waals surface area contributed by atoms with E-state index in [2.05, 4.69) is 20.8 Å². The molecule has 0 aliphatic rings. The smallest absolute Gasteiger partial charge is 0.460 e. The van der Waals surface area contributed by atoms with Crippen LogP contribution in [0.5, 0.6) is 0 Å². The largest absolute Gasteiger partial charge is 0.468 e. The van der Waals surface area contributed by atoms with Crippen LogP contribution in [-0.4, -0.2) is 61.5 Å². The van der Waals surface area contributed by atoms with Crippen molar-refractivity contribution in [2.75, 3.05) is 13.2 Å². The Balaban J connectivity index is 5.87. The predicted molar refractivity (Wildman–Crippen MR) is 73.8 cm³/mol. The van der Waals surface area contributed by atoms with Crippen LogP contribution in [-0.2, 0) is 33.9 Å². The zero-order valence-electron chi connectivity index (χ0n) is 14.2. The van der Waals surface area contributed by atoms with Gasteiger partial charge in [-0.25, -0.2) is 9.59 Å². The highest BCUT2D eigenvalue weighted by molar-refractivity contribution is 7.86. The second-order valence-corrected chi connectivity index (χ2v) is 6.67. The van der Waals surface area contributed by atoms with E-state index in [0.717, 1.165) is 0 Å². The quantitative estimate of drug-likeness (QED) is 0.165. The van der Waals surface area contributed by atoms with Crippen LogP contribution < -0.4 is 0 Å². The Morgan fingerprint density at radius 1 is 0.933 bits per heavy atom. The molecule has 18 heteroatoms. The van der Waals surface area contributed by atoms with Crippen molar-refractivity contribution in [3.63, 3.8) is 0 Å². The minimum absolute atomic E-state index is 1.78. The SMILES string of the molecule is C=C(F)C(=O)OC(OCCC(F)(F)S(=O)(=O)O)(C(=O)OCCC(F)(F)F)C(F)(F)F. The van der Waals surface area contributed by atoms with Crippen LogP contribution in [0, 0.1) is 0 Å². The molecule has 0 bridgehead atoms. The second-order valence-electron chi connectivity index (χ2n) is 5.12. The molecule has 0 aromatic heterocycles. The zero-order valence-corrected chi connectivity index (χ0v) is 15.0. The van der Waals surface area contributed by atoms with Gasteiger partial charge in [0.25, 0.3) is 0 Å². The molecule has 0 heterocycles. The fourth-order valence-corrected chi connectivity index (χ4v) is 1.71. The molecule has 0 saturated carbocycles. The van der Waals surface area contributed by atoms with Gasteiger partial charge in [-0.1, -0.05) is 6.58 Å². The lowest BCUT2D eigenvalue weighted by Gasteiger charge is -2.32. The lowest BCUT2D eigenvalue weighted by atomic mass is 10.2. The van der Waals surface area contributed by atoms with Gasteiger partial charge in [-0.15, -0.1) is 0 Å². The van der Waals surface area contributed by atoms with Gasteiger partial charge >= 0.3 is 45.5 Å². The lowest BCUT2D eigenvalue weighted by molar-refractivity contribution is -0.356. The van der Waals surface area contributed by atoms with Crippen molar-refractivity contribution in [1.29, 1.82) is 0 Å². The monoisotopic (exact) mass is 486 g/mol. The fourth-order valence-electron chi connectivity index (χ4n) is 1.37. The van der Waals surface area contributed by atoms with Gasteiger partial charge in [-0.05, 0) is 0 Å². The summed E-state index contributed by atoms with van der Waals surface area (Å²) in [6, 6.07) is 0. The molecule has 0 amide bonds. The Morgan fingerprint density at radius 2 is 1.43 bits per heavy atom. The van der Waals surface area contributed by atoms with Crippen molar-refractivity contribution in [3.05, 3.63) is 12.4 Å². The van der Waals surface area contributed by atoms with E-state index in [4.69, 9.17) is 4.55 Å². The van der Waals surface area contributed by atoms with E-state index in [1.54, 1.807) is 0 Å². The van der Waals surface area contributed by atoms with Crippen LogP contribution >= 0.6 is 0 Å². The topological polar surface area (TPSA) is 116 Å². The van der Waals surface area contributed by atoms with Gasteiger partial charge in [0.05, 0.1) is 19.4 Å². The van der Waals surface area contributed by atoms with Crippen LogP contribution in [0.25, 0.3) is 0 Å². The molecule has 30 heavy (non-hydrogen) atoms. The molecule has 0 aromatic carbocycles. The Hall–Kier alpha value is -2.08. The third kappa shape index (κ3) is 7.63. The van der Waals surface area contributed by atoms with Gasteiger partial charge in [-0.3, -0.25) is 4.55 Å². The number of halogens is 9. The molecule has 0 saturated heterocycles. The fraction of sp³-hybridized carbons (Fsp3) is 0.667. The summed E-state index contributed by atoms with van der Waals surface area (Å²) in [6.07, 6.45) is -15.5. The molecule has 0 aliphatic carbocycles. The maximum atomic E-state index is 13.3. The Bertz CT molecular complexity index is 759. The molecular formula is C12H11F9O8S. The number of carbonyl (C=O) groups excluding carboxylic acids is 2. The Labute approximate surface area is 161 Å². The Kier molecular flexibility index (Phi) is 8.73. The number of alkyl halides is 8.